The first kappa shape index (κ1) is 23.3. The van der Waals surface area contributed by atoms with Crippen LogP contribution in [0.5, 0.6) is 0 Å². The monoisotopic (exact) mass is 503 g/mol. The number of nitrogens with zero attached hydrogens (tertiary/aromatic N) is 2. The summed E-state index contributed by atoms with van der Waals surface area (Å²) >= 11 is 6.06. The first-order chi connectivity index (χ1) is 15.5. The number of nitrogens with one attached hydrogen (secondary N) is 1. The van der Waals surface area contributed by atoms with Crippen LogP contribution in [0.15, 0.2) is 82.8 Å². The van der Waals surface area contributed by atoms with E-state index < -0.39 is 26.1 Å². The van der Waals surface area contributed by atoms with E-state index in [4.69, 9.17) is 11.6 Å². The second-order valence-electron chi connectivity index (χ2n) is 7.81. The van der Waals surface area contributed by atoms with Crippen molar-refractivity contribution >= 4 is 43.0 Å². The van der Waals surface area contributed by atoms with E-state index in [0.29, 0.717) is 28.4 Å². The molecule has 172 valence electrons. The van der Waals surface area contributed by atoms with Gasteiger partial charge in [-0.05, 0) is 53.9 Å². The molecular weight excluding hydrogens is 482 g/mol. The molecule has 0 aliphatic carbocycles. The molecule has 3 aromatic rings. The zero-order valence-electron chi connectivity index (χ0n) is 17.9. The number of benzene rings is 3. The molecular formula is C23H22ClN3O4S2. The van der Waals surface area contributed by atoms with Crippen LogP contribution in [0.2, 0.25) is 5.02 Å². The molecule has 0 fully saturated rings. The molecule has 33 heavy (non-hydrogen) atoms. The SMILES string of the molecule is Cc1ccccc1[C@H]1CC(c2cccc(NS(C)(=O)=O)c2)=NN1S(=O)(=O)c1cccc(Cl)c1. The highest BCUT2D eigenvalue weighted by molar-refractivity contribution is 7.92. The van der Waals surface area contributed by atoms with Gasteiger partial charge in [0, 0.05) is 17.1 Å². The van der Waals surface area contributed by atoms with Gasteiger partial charge in [-0.2, -0.15) is 17.9 Å². The standard InChI is InChI=1S/C23H22ClN3O4S2/c1-16-7-3-4-12-21(16)23-15-22(17-8-5-10-19(13-17)26-32(2,28)29)25-27(23)33(30,31)20-11-6-9-18(24)14-20/h3-14,23,26H,15H2,1-2H3/t23-/m1/s1. The van der Waals surface area contributed by atoms with Crippen molar-refractivity contribution in [2.75, 3.05) is 11.0 Å². The van der Waals surface area contributed by atoms with Gasteiger partial charge in [0.05, 0.1) is 22.9 Å². The second kappa shape index (κ2) is 8.81. The van der Waals surface area contributed by atoms with Crippen LogP contribution >= 0.6 is 11.6 Å². The summed E-state index contributed by atoms with van der Waals surface area (Å²) in [6, 6.07) is 19.8. The highest BCUT2D eigenvalue weighted by Crippen LogP contribution is 2.38. The third-order valence-corrected chi connectivity index (χ3v) is 7.78. The first-order valence-corrected chi connectivity index (χ1v) is 13.8. The van der Waals surface area contributed by atoms with Gasteiger partial charge >= 0.3 is 0 Å². The third-order valence-electron chi connectivity index (χ3n) is 5.26. The smallest absolute Gasteiger partial charge is 0.279 e. The molecule has 1 aliphatic heterocycles. The molecule has 1 aliphatic rings. The number of rotatable bonds is 6. The highest BCUT2D eigenvalue weighted by Gasteiger charge is 2.38. The molecule has 0 unspecified atom stereocenters. The van der Waals surface area contributed by atoms with E-state index in [-0.39, 0.29) is 4.90 Å². The van der Waals surface area contributed by atoms with Crippen molar-refractivity contribution in [1.29, 1.82) is 0 Å². The van der Waals surface area contributed by atoms with Crippen molar-refractivity contribution in [3.05, 3.63) is 94.5 Å². The Hall–Kier alpha value is -2.88. The number of anilines is 1. The van der Waals surface area contributed by atoms with Gasteiger partial charge in [-0.25, -0.2) is 8.42 Å². The lowest BCUT2D eigenvalue weighted by Gasteiger charge is -2.24. The molecule has 10 heteroatoms. The Morgan fingerprint density at radius 2 is 1.70 bits per heavy atom. The van der Waals surface area contributed by atoms with E-state index in [1.165, 1.54) is 12.1 Å². The molecule has 0 spiro atoms. The minimum atomic E-state index is -4.01. The van der Waals surface area contributed by atoms with Crippen LogP contribution in [0, 0.1) is 6.92 Å². The summed E-state index contributed by atoms with van der Waals surface area (Å²) in [5, 5.41) is 4.83. The number of aryl methyl sites for hydroxylation is 1. The van der Waals surface area contributed by atoms with E-state index in [2.05, 4.69) is 9.82 Å². The molecule has 0 radical (unpaired) electrons. The van der Waals surface area contributed by atoms with Crippen LogP contribution in [-0.2, 0) is 20.0 Å². The summed E-state index contributed by atoms with van der Waals surface area (Å²) in [5.41, 5.74) is 3.32. The van der Waals surface area contributed by atoms with Gasteiger partial charge in [0.2, 0.25) is 10.0 Å². The van der Waals surface area contributed by atoms with Gasteiger partial charge in [0.25, 0.3) is 10.0 Å². The molecule has 1 N–H and O–H groups in total. The maximum Gasteiger partial charge on any atom is 0.279 e. The van der Waals surface area contributed by atoms with Gasteiger partial charge in [0.1, 0.15) is 0 Å². The van der Waals surface area contributed by atoms with Crippen LogP contribution in [0.3, 0.4) is 0 Å². The van der Waals surface area contributed by atoms with Crippen molar-refractivity contribution in [3.63, 3.8) is 0 Å². The Bertz CT molecular complexity index is 1450. The topological polar surface area (TPSA) is 95.9 Å². The van der Waals surface area contributed by atoms with Gasteiger partial charge in [-0.15, -0.1) is 0 Å². The Morgan fingerprint density at radius 1 is 0.970 bits per heavy atom. The summed E-state index contributed by atoms with van der Waals surface area (Å²) in [7, 11) is -7.46. The van der Waals surface area contributed by atoms with Crippen LogP contribution in [0.4, 0.5) is 5.69 Å². The van der Waals surface area contributed by atoms with E-state index in [1.54, 1.807) is 36.4 Å². The van der Waals surface area contributed by atoms with E-state index in [0.717, 1.165) is 21.8 Å². The van der Waals surface area contributed by atoms with Crippen molar-refractivity contribution in [3.8, 4) is 0 Å². The summed E-state index contributed by atoms with van der Waals surface area (Å²) in [6.07, 6.45) is 1.40. The average molecular weight is 504 g/mol. The second-order valence-corrected chi connectivity index (χ2v) is 11.8. The Balaban J connectivity index is 1.81. The van der Waals surface area contributed by atoms with Gasteiger partial charge in [-0.3, -0.25) is 4.72 Å². The summed E-state index contributed by atoms with van der Waals surface area (Å²) < 4.78 is 54.0. The number of hydrazone groups is 1. The van der Waals surface area contributed by atoms with Crippen molar-refractivity contribution in [2.24, 2.45) is 5.10 Å². The largest absolute Gasteiger partial charge is 0.284 e. The fourth-order valence-electron chi connectivity index (χ4n) is 3.79. The number of hydrogen-bond donors (Lipinski definition) is 1. The summed E-state index contributed by atoms with van der Waals surface area (Å²) in [4.78, 5) is 0.0473. The minimum Gasteiger partial charge on any atom is -0.284 e. The van der Waals surface area contributed by atoms with E-state index in [9.17, 15) is 16.8 Å². The summed E-state index contributed by atoms with van der Waals surface area (Å²) in [6.45, 7) is 1.92. The van der Waals surface area contributed by atoms with Crippen molar-refractivity contribution in [1.82, 2.24) is 4.41 Å². The lowest BCUT2D eigenvalue weighted by Crippen LogP contribution is -2.27. The molecule has 4 rings (SSSR count). The summed E-state index contributed by atoms with van der Waals surface area (Å²) in [5.74, 6) is 0. The average Bonchev–Trinajstić information content (AvgIpc) is 3.19. The number of sulfonamides is 2. The molecule has 7 nitrogen and oxygen atoms in total. The Labute approximate surface area is 198 Å². The Morgan fingerprint density at radius 3 is 2.39 bits per heavy atom. The van der Waals surface area contributed by atoms with E-state index in [1.807, 2.05) is 31.2 Å². The maximum atomic E-state index is 13.6. The minimum absolute atomic E-state index is 0.0473. The maximum absolute atomic E-state index is 13.6. The van der Waals surface area contributed by atoms with Crippen LogP contribution in [0.1, 0.15) is 29.2 Å². The first-order valence-electron chi connectivity index (χ1n) is 10.1. The van der Waals surface area contributed by atoms with Crippen molar-refractivity contribution < 1.29 is 16.8 Å². The highest BCUT2D eigenvalue weighted by atomic mass is 35.5. The van der Waals surface area contributed by atoms with E-state index >= 15 is 0 Å². The van der Waals surface area contributed by atoms with Gasteiger partial charge < -0.3 is 0 Å². The van der Waals surface area contributed by atoms with Crippen molar-refractivity contribution in [2.45, 2.75) is 24.3 Å². The molecule has 0 aromatic heterocycles. The molecule has 1 heterocycles. The zero-order chi connectivity index (χ0) is 23.8. The van der Waals surface area contributed by atoms with Crippen LogP contribution < -0.4 is 4.72 Å². The van der Waals surface area contributed by atoms with Gasteiger partial charge in [-0.1, -0.05) is 54.1 Å². The lowest BCUT2D eigenvalue weighted by atomic mass is 9.96. The molecule has 3 aromatic carbocycles. The number of halogens is 1. The quantitative estimate of drug-likeness (QED) is 0.533. The molecule has 0 saturated heterocycles. The predicted molar refractivity (Wildman–Crippen MR) is 130 cm³/mol. The van der Waals surface area contributed by atoms with Gasteiger partial charge in [0.15, 0.2) is 0 Å². The fourth-order valence-corrected chi connectivity index (χ4v) is 6.07. The number of hydrogen-bond acceptors (Lipinski definition) is 5. The lowest BCUT2D eigenvalue weighted by molar-refractivity contribution is 0.370. The zero-order valence-corrected chi connectivity index (χ0v) is 20.3. The third kappa shape index (κ3) is 5.05. The molecule has 0 bridgehead atoms. The normalized spacial score (nSPS) is 16.5. The molecule has 0 amide bonds. The van der Waals surface area contributed by atoms with Crippen LogP contribution in [-0.4, -0.2) is 33.2 Å². The molecule has 0 saturated carbocycles. The molecule has 1 atom stereocenters. The fraction of sp³-hybridized carbons (Fsp3) is 0.174. The Kier molecular flexibility index (Phi) is 6.22. The predicted octanol–water partition coefficient (Wildman–Crippen LogP) is 4.56. The van der Waals surface area contributed by atoms with Crippen LogP contribution in [0.25, 0.3) is 0 Å².